The molecule has 1 aliphatic carbocycles. The number of hydrogen-bond donors (Lipinski definition) is 2. The van der Waals surface area contributed by atoms with Gasteiger partial charge in [0.1, 0.15) is 5.69 Å². The normalized spacial score (nSPS) is 15.1. The lowest BCUT2D eigenvalue weighted by Crippen LogP contribution is -2.36. The first-order chi connectivity index (χ1) is 14.1. The summed E-state index contributed by atoms with van der Waals surface area (Å²) in [7, 11) is 0.0270. The summed E-state index contributed by atoms with van der Waals surface area (Å²) in [5.74, 6) is 0.591. The Balaban J connectivity index is 1.83. The summed E-state index contributed by atoms with van der Waals surface area (Å²) in [6.45, 7) is 4.29. The molecule has 2 N–H and O–H groups in total. The molecule has 0 amide bonds. The number of aryl methyl sites for hydroxylation is 2. The number of nitrogens with zero attached hydrogens (tertiary/aromatic N) is 2. The fraction of sp³-hybridized carbons (Fsp3) is 0.429. The molecular weight excluding hydrogens is 404 g/mol. The number of nitrogens with one attached hydrogen (secondary N) is 2. The summed E-state index contributed by atoms with van der Waals surface area (Å²) in [4.78, 5) is 13.0. The molecule has 1 aliphatic rings. The van der Waals surface area contributed by atoms with Gasteiger partial charge in [-0.15, -0.1) is 0 Å². The van der Waals surface area contributed by atoms with Gasteiger partial charge in [-0.3, -0.25) is 14.8 Å². The van der Waals surface area contributed by atoms with Crippen LogP contribution in [0.1, 0.15) is 24.0 Å². The third-order valence-corrected chi connectivity index (χ3v) is 6.80. The monoisotopic (exact) mass is 432 g/mol. The maximum absolute atomic E-state index is 12.8. The Morgan fingerprint density at radius 1 is 1.13 bits per heavy atom. The van der Waals surface area contributed by atoms with Crippen molar-refractivity contribution in [2.75, 3.05) is 30.7 Å². The summed E-state index contributed by atoms with van der Waals surface area (Å²) in [6, 6.07) is 9.61. The van der Waals surface area contributed by atoms with E-state index in [2.05, 4.69) is 14.9 Å². The lowest BCUT2D eigenvalue weighted by Gasteiger charge is -2.24. The molecule has 1 saturated carbocycles. The SMILES string of the molecule is Cc1ccc(NS(=O)(=O)c2ccc(NCC(C3CC3)N(C)C)c([N+](=O)[O-])c2)c(C)c1. The molecule has 0 aromatic heterocycles. The number of nitro groups is 1. The van der Waals surface area contributed by atoms with Crippen LogP contribution in [0.25, 0.3) is 0 Å². The summed E-state index contributed by atoms with van der Waals surface area (Å²) >= 11 is 0. The molecule has 0 saturated heterocycles. The van der Waals surface area contributed by atoms with E-state index in [1.54, 1.807) is 19.1 Å². The molecule has 1 atom stereocenters. The van der Waals surface area contributed by atoms with Gasteiger partial charge >= 0.3 is 0 Å². The van der Waals surface area contributed by atoms with Crippen molar-refractivity contribution >= 4 is 27.1 Å². The van der Waals surface area contributed by atoms with E-state index in [4.69, 9.17) is 0 Å². The van der Waals surface area contributed by atoms with Crippen LogP contribution < -0.4 is 10.0 Å². The zero-order chi connectivity index (χ0) is 22.1. The quantitative estimate of drug-likeness (QED) is 0.462. The zero-order valence-electron chi connectivity index (χ0n) is 17.7. The molecular formula is C21H28N4O4S. The molecule has 0 radical (unpaired) electrons. The minimum atomic E-state index is -3.96. The van der Waals surface area contributed by atoms with Crippen LogP contribution in [-0.2, 0) is 10.0 Å². The van der Waals surface area contributed by atoms with Gasteiger partial charge in [-0.1, -0.05) is 17.7 Å². The van der Waals surface area contributed by atoms with Crippen LogP contribution in [0.2, 0.25) is 0 Å². The molecule has 0 bridgehead atoms. The van der Waals surface area contributed by atoms with Crippen molar-refractivity contribution in [1.82, 2.24) is 4.90 Å². The van der Waals surface area contributed by atoms with Gasteiger partial charge in [0.2, 0.25) is 0 Å². The Hall–Kier alpha value is -2.65. The number of anilines is 2. The van der Waals surface area contributed by atoms with Crippen molar-refractivity contribution in [1.29, 1.82) is 0 Å². The van der Waals surface area contributed by atoms with Crippen LogP contribution in [0.5, 0.6) is 0 Å². The molecule has 1 unspecified atom stereocenters. The highest BCUT2D eigenvalue weighted by molar-refractivity contribution is 7.92. The Labute approximate surface area is 177 Å². The number of likely N-dealkylation sites (N-methyl/N-ethyl adjacent to an activating group) is 1. The summed E-state index contributed by atoms with van der Waals surface area (Å²) in [5, 5.41) is 14.8. The number of benzene rings is 2. The first kappa shape index (κ1) is 22.0. The second-order valence-electron chi connectivity index (χ2n) is 8.11. The second kappa shape index (κ2) is 8.61. The van der Waals surface area contributed by atoms with Gasteiger partial charge < -0.3 is 10.2 Å². The predicted octanol–water partition coefficient (Wildman–Crippen LogP) is 3.76. The van der Waals surface area contributed by atoms with E-state index >= 15 is 0 Å². The van der Waals surface area contributed by atoms with Gasteiger partial charge in [-0.25, -0.2) is 8.42 Å². The van der Waals surface area contributed by atoms with Crippen molar-refractivity contribution in [2.24, 2.45) is 5.92 Å². The van der Waals surface area contributed by atoms with Crippen molar-refractivity contribution in [3.63, 3.8) is 0 Å². The number of sulfonamides is 1. The molecule has 30 heavy (non-hydrogen) atoms. The third kappa shape index (κ3) is 5.09. The van der Waals surface area contributed by atoms with E-state index < -0.39 is 14.9 Å². The minimum Gasteiger partial charge on any atom is -0.378 e. The average molecular weight is 433 g/mol. The van der Waals surface area contributed by atoms with Crippen LogP contribution in [0.4, 0.5) is 17.1 Å². The van der Waals surface area contributed by atoms with E-state index in [9.17, 15) is 18.5 Å². The van der Waals surface area contributed by atoms with Gasteiger partial charge in [0.15, 0.2) is 0 Å². The van der Waals surface area contributed by atoms with Gasteiger partial charge in [0.05, 0.1) is 15.5 Å². The molecule has 3 rings (SSSR count). The molecule has 0 aliphatic heterocycles. The van der Waals surface area contributed by atoms with E-state index in [0.717, 1.165) is 30.0 Å². The Bertz CT molecular complexity index is 1050. The highest BCUT2D eigenvalue weighted by Crippen LogP contribution is 2.35. The molecule has 8 nitrogen and oxygen atoms in total. The van der Waals surface area contributed by atoms with Crippen molar-refractivity contribution in [3.8, 4) is 0 Å². The second-order valence-corrected chi connectivity index (χ2v) is 9.79. The van der Waals surface area contributed by atoms with Gasteiger partial charge in [0.25, 0.3) is 15.7 Å². The molecule has 9 heteroatoms. The smallest absolute Gasteiger partial charge is 0.293 e. The molecule has 2 aromatic rings. The number of hydrogen-bond acceptors (Lipinski definition) is 6. The lowest BCUT2D eigenvalue weighted by atomic mass is 10.1. The lowest BCUT2D eigenvalue weighted by molar-refractivity contribution is -0.384. The molecule has 1 fully saturated rings. The summed E-state index contributed by atoms with van der Waals surface area (Å²) < 4.78 is 28.2. The van der Waals surface area contributed by atoms with Crippen LogP contribution in [0.3, 0.4) is 0 Å². The van der Waals surface area contributed by atoms with Crippen molar-refractivity contribution in [2.45, 2.75) is 37.6 Å². The fourth-order valence-electron chi connectivity index (χ4n) is 3.58. The molecule has 162 valence electrons. The zero-order valence-corrected chi connectivity index (χ0v) is 18.5. The Morgan fingerprint density at radius 3 is 2.37 bits per heavy atom. The van der Waals surface area contributed by atoms with Crippen LogP contribution >= 0.6 is 0 Å². The van der Waals surface area contributed by atoms with Crippen molar-refractivity contribution in [3.05, 3.63) is 57.6 Å². The van der Waals surface area contributed by atoms with Crippen LogP contribution in [-0.4, -0.2) is 44.9 Å². The first-order valence-electron chi connectivity index (χ1n) is 9.87. The highest BCUT2D eigenvalue weighted by Gasteiger charge is 2.33. The summed E-state index contributed by atoms with van der Waals surface area (Å²) in [6.07, 6.45) is 2.32. The van der Waals surface area contributed by atoms with Gasteiger partial charge in [-0.05, 0) is 70.5 Å². The topological polar surface area (TPSA) is 105 Å². The Morgan fingerprint density at radius 2 is 1.80 bits per heavy atom. The van der Waals surface area contributed by atoms with E-state index in [0.29, 0.717) is 23.8 Å². The first-order valence-corrected chi connectivity index (χ1v) is 11.4. The molecule has 0 spiro atoms. The molecule has 0 heterocycles. The molecule has 2 aromatic carbocycles. The predicted molar refractivity (Wildman–Crippen MR) is 119 cm³/mol. The minimum absolute atomic E-state index is 0.147. The van der Waals surface area contributed by atoms with Gasteiger partial charge in [-0.2, -0.15) is 0 Å². The Kier molecular flexibility index (Phi) is 6.33. The van der Waals surface area contributed by atoms with E-state index in [1.165, 1.54) is 12.1 Å². The van der Waals surface area contributed by atoms with Crippen LogP contribution in [0, 0.1) is 29.9 Å². The maximum Gasteiger partial charge on any atom is 0.293 e. The number of nitro benzene ring substituents is 1. The van der Waals surface area contributed by atoms with Gasteiger partial charge in [0, 0.05) is 18.7 Å². The number of rotatable bonds is 9. The van der Waals surface area contributed by atoms with E-state index in [1.807, 2.05) is 27.1 Å². The largest absolute Gasteiger partial charge is 0.378 e. The third-order valence-electron chi connectivity index (χ3n) is 5.43. The fourth-order valence-corrected chi connectivity index (χ4v) is 4.73. The standard InChI is InChI=1S/C21H28N4O4S/c1-14-5-9-18(15(2)11-14)23-30(28,29)17-8-10-19(20(12-17)25(26)27)22-13-21(24(3)4)16-6-7-16/h5,8-12,16,21-23H,6-7,13H2,1-4H3. The van der Waals surface area contributed by atoms with Crippen molar-refractivity contribution < 1.29 is 13.3 Å². The van der Waals surface area contributed by atoms with E-state index in [-0.39, 0.29) is 16.6 Å². The highest BCUT2D eigenvalue weighted by atomic mass is 32.2. The summed E-state index contributed by atoms with van der Waals surface area (Å²) in [5.41, 5.74) is 2.30. The maximum atomic E-state index is 12.8. The average Bonchev–Trinajstić information content (AvgIpc) is 3.49. The van der Waals surface area contributed by atoms with Crippen LogP contribution in [0.15, 0.2) is 41.3 Å².